The van der Waals surface area contributed by atoms with Crippen molar-refractivity contribution >= 4 is 21.8 Å². The zero-order valence-electron chi connectivity index (χ0n) is 14.5. The second kappa shape index (κ2) is 6.00. The van der Waals surface area contributed by atoms with E-state index in [2.05, 4.69) is 0 Å². The zero-order valence-corrected chi connectivity index (χ0v) is 15.3. The van der Waals surface area contributed by atoms with E-state index in [0.717, 1.165) is 6.42 Å². The van der Waals surface area contributed by atoms with Gasteiger partial charge in [0.15, 0.2) is 9.84 Å². The van der Waals surface area contributed by atoms with Crippen LogP contribution >= 0.6 is 0 Å². The number of esters is 2. The van der Waals surface area contributed by atoms with Gasteiger partial charge in [-0.2, -0.15) is 0 Å². The third-order valence-electron chi connectivity index (χ3n) is 6.15. The Hall–Kier alpha value is -1.11. The molecule has 5 atom stereocenters. The minimum atomic E-state index is -3.01. The molecule has 1 heterocycles. The molecular formula is C17H26O6S. The van der Waals surface area contributed by atoms with E-state index >= 15 is 0 Å². The van der Waals surface area contributed by atoms with Crippen LogP contribution < -0.4 is 0 Å². The summed E-state index contributed by atoms with van der Waals surface area (Å²) in [5, 5.41) is -0.209. The smallest absolute Gasteiger partial charge is 0.311 e. The molecule has 1 saturated heterocycles. The van der Waals surface area contributed by atoms with Crippen molar-refractivity contribution in [1.82, 2.24) is 0 Å². The van der Waals surface area contributed by atoms with Gasteiger partial charge in [0.1, 0.15) is 12.7 Å². The monoisotopic (exact) mass is 358 g/mol. The lowest BCUT2D eigenvalue weighted by Crippen LogP contribution is -2.34. The molecule has 0 aromatic heterocycles. The van der Waals surface area contributed by atoms with Crippen LogP contribution in [-0.4, -0.2) is 44.1 Å². The summed E-state index contributed by atoms with van der Waals surface area (Å²) in [5.41, 5.74) is -0.554. The SMILES string of the molecule is CCC(C)(C)C(=O)OCCC(=O)OC1C2CC3C1CS(=O)(=O)C3C2. The standard InChI is InChI=1S/C17H26O6S/c1-4-17(2,3)16(19)22-6-5-14(18)23-15-10-7-11-12(15)9-24(20,21)13(11)8-10/h10-13,15H,4-9H2,1-3H3. The summed E-state index contributed by atoms with van der Waals surface area (Å²) < 4.78 is 34.9. The van der Waals surface area contributed by atoms with Gasteiger partial charge in [0, 0.05) is 5.92 Å². The van der Waals surface area contributed by atoms with Gasteiger partial charge in [0.2, 0.25) is 0 Å². The number of fused-ring (bicyclic) bond motifs is 1. The average molecular weight is 358 g/mol. The number of ether oxygens (including phenoxy) is 2. The lowest BCUT2D eigenvalue weighted by atomic mass is 9.88. The van der Waals surface area contributed by atoms with E-state index in [4.69, 9.17) is 9.47 Å². The van der Waals surface area contributed by atoms with Crippen molar-refractivity contribution in [2.45, 2.75) is 57.8 Å². The van der Waals surface area contributed by atoms with Crippen LogP contribution in [0.15, 0.2) is 0 Å². The first kappa shape index (κ1) is 17.7. The van der Waals surface area contributed by atoms with Gasteiger partial charge in [0.05, 0.1) is 22.8 Å². The van der Waals surface area contributed by atoms with Crippen LogP contribution in [0.5, 0.6) is 0 Å². The van der Waals surface area contributed by atoms with E-state index in [1.165, 1.54) is 0 Å². The molecule has 2 bridgehead atoms. The molecule has 3 fully saturated rings. The van der Waals surface area contributed by atoms with Crippen molar-refractivity contribution in [2.24, 2.45) is 23.2 Å². The molecule has 3 aliphatic rings. The molecule has 1 aliphatic heterocycles. The fourth-order valence-corrected chi connectivity index (χ4v) is 6.97. The molecule has 0 radical (unpaired) electrons. The molecule has 5 unspecified atom stereocenters. The van der Waals surface area contributed by atoms with Gasteiger partial charge in [0.25, 0.3) is 0 Å². The Kier molecular flexibility index (Phi) is 4.43. The third-order valence-corrected chi connectivity index (χ3v) is 8.47. The summed E-state index contributed by atoms with van der Waals surface area (Å²) in [4.78, 5) is 23.9. The van der Waals surface area contributed by atoms with Gasteiger partial charge in [-0.1, -0.05) is 6.92 Å². The fraction of sp³-hybridized carbons (Fsp3) is 0.882. The minimum Gasteiger partial charge on any atom is -0.465 e. The highest BCUT2D eigenvalue weighted by molar-refractivity contribution is 7.92. The second-order valence-corrected chi connectivity index (χ2v) is 10.3. The number of sulfone groups is 1. The van der Waals surface area contributed by atoms with Crippen molar-refractivity contribution in [3.05, 3.63) is 0 Å². The highest BCUT2D eigenvalue weighted by Gasteiger charge is 2.63. The number of carbonyl (C=O) groups is 2. The van der Waals surface area contributed by atoms with Gasteiger partial charge < -0.3 is 9.47 Å². The molecule has 3 rings (SSSR count). The van der Waals surface area contributed by atoms with Gasteiger partial charge in [-0.3, -0.25) is 9.59 Å². The van der Waals surface area contributed by atoms with Crippen molar-refractivity contribution < 1.29 is 27.5 Å². The second-order valence-electron chi connectivity index (χ2n) is 8.01. The molecule has 2 aliphatic carbocycles. The van der Waals surface area contributed by atoms with Crippen molar-refractivity contribution in [2.75, 3.05) is 12.4 Å². The highest BCUT2D eigenvalue weighted by atomic mass is 32.2. The van der Waals surface area contributed by atoms with Gasteiger partial charge in [-0.15, -0.1) is 0 Å². The van der Waals surface area contributed by atoms with Crippen LogP contribution in [-0.2, 0) is 28.9 Å². The van der Waals surface area contributed by atoms with Crippen LogP contribution in [0.1, 0.15) is 46.5 Å². The Balaban J connectivity index is 1.48. The molecule has 24 heavy (non-hydrogen) atoms. The van der Waals surface area contributed by atoms with Crippen molar-refractivity contribution in [3.8, 4) is 0 Å². The molecule has 0 aromatic carbocycles. The normalized spacial score (nSPS) is 35.9. The van der Waals surface area contributed by atoms with E-state index in [9.17, 15) is 18.0 Å². The Morgan fingerprint density at radius 3 is 2.54 bits per heavy atom. The first-order chi connectivity index (χ1) is 11.2. The minimum absolute atomic E-state index is 0.00744. The van der Waals surface area contributed by atoms with Crippen molar-refractivity contribution in [1.29, 1.82) is 0 Å². The summed E-state index contributed by atoms with van der Waals surface area (Å²) in [6.45, 7) is 5.53. The lowest BCUT2D eigenvalue weighted by molar-refractivity contribution is -0.160. The summed E-state index contributed by atoms with van der Waals surface area (Å²) in [5.74, 6) is -0.271. The Morgan fingerprint density at radius 1 is 1.17 bits per heavy atom. The predicted octanol–water partition coefficient (Wildman–Crippen LogP) is 1.72. The molecule has 6 nitrogen and oxygen atoms in total. The molecule has 0 N–H and O–H groups in total. The quantitative estimate of drug-likeness (QED) is 0.672. The molecule has 0 aromatic rings. The maximum atomic E-state index is 12.1. The molecule has 0 amide bonds. The topological polar surface area (TPSA) is 86.7 Å². The summed E-state index contributed by atoms with van der Waals surface area (Å²) in [6.07, 6.45) is 1.88. The van der Waals surface area contributed by atoms with Crippen LogP contribution in [0.25, 0.3) is 0 Å². The van der Waals surface area contributed by atoms with Crippen LogP contribution in [0.2, 0.25) is 0 Å². The lowest BCUT2D eigenvalue weighted by Gasteiger charge is -2.26. The highest BCUT2D eigenvalue weighted by Crippen LogP contribution is 2.57. The number of carbonyl (C=O) groups excluding carboxylic acids is 2. The van der Waals surface area contributed by atoms with Gasteiger partial charge >= 0.3 is 11.9 Å². The van der Waals surface area contributed by atoms with E-state index < -0.39 is 21.2 Å². The van der Waals surface area contributed by atoms with Crippen LogP contribution in [0.4, 0.5) is 0 Å². The third kappa shape index (κ3) is 2.95. The van der Waals surface area contributed by atoms with Gasteiger partial charge in [-0.05, 0) is 44.9 Å². The first-order valence-electron chi connectivity index (χ1n) is 8.74. The Morgan fingerprint density at radius 2 is 1.88 bits per heavy atom. The maximum absolute atomic E-state index is 12.1. The molecule has 7 heteroatoms. The summed E-state index contributed by atoms with van der Waals surface area (Å²) in [6, 6.07) is 0. The zero-order chi connectivity index (χ0) is 17.7. The largest absolute Gasteiger partial charge is 0.465 e. The van der Waals surface area contributed by atoms with E-state index in [1.54, 1.807) is 13.8 Å². The van der Waals surface area contributed by atoms with E-state index in [1.807, 2.05) is 6.92 Å². The Bertz CT molecular complexity index is 637. The average Bonchev–Trinajstić information content (AvgIpc) is 3.11. The number of hydrogen-bond donors (Lipinski definition) is 0. The maximum Gasteiger partial charge on any atom is 0.311 e. The van der Waals surface area contributed by atoms with Gasteiger partial charge in [-0.25, -0.2) is 8.42 Å². The van der Waals surface area contributed by atoms with Crippen LogP contribution in [0, 0.1) is 23.2 Å². The number of hydrogen-bond acceptors (Lipinski definition) is 6. The summed E-state index contributed by atoms with van der Waals surface area (Å²) >= 11 is 0. The first-order valence-corrected chi connectivity index (χ1v) is 10.5. The van der Waals surface area contributed by atoms with Crippen LogP contribution in [0.3, 0.4) is 0 Å². The molecule has 2 saturated carbocycles. The molecule has 136 valence electrons. The van der Waals surface area contributed by atoms with E-state index in [-0.39, 0.29) is 53.9 Å². The fourth-order valence-electron chi connectivity index (χ4n) is 4.37. The van der Waals surface area contributed by atoms with E-state index in [0.29, 0.717) is 12.8 Å². The molecule has 0 spiro atoms. The molecular weight excluding hydrogens is 332 g/mol. The van der Waals surface area contributed by atoms with Crippen molar-refractivity contribution in [3.63, 3.8) is 0 Å². The number of rotatable bonds is 6. The Labute approximate surface area is 143 Å². The summed E-state index contributed by atoms with van der Waals surface area (Å²) in [7, 11) is -3.01. The predicted molar refractivity (Wildman–Crippen MR) is 86.8 cm³/mol.